The van der Waals surface area contributed by atoms with E-state index in [1.165, 1.54) is 12.8 Å². The molecule has 18 heavy (non-hydrogen) atoms. The molecule has 1 saturated carbocycles. The topological polar surface area (TPSA) is 72.2 Å². The molecular weight excluding hydrogens is 248 g/mol. The highest BCUT2D eigenvalue weighted by Gasteiger charge is 2.27. The van der Waals surface area contributed by atoms with E-state index in [0.29, 0.717) is 11.6 Å². The highest BCUT2D eigenvalue weighted by molar-refractivity contribution is 7.89. The molecule has 0 spiro atoms. The summed E-state index contributed by atoms with van der Waals surface area (Å²) in [5.74, 6) is 0.712. The van der Waals surface area contributed by atoms with Crippen molar-refractivity contribution in [3.8, 4) is 0 Å². The molecule has 0 heterocycles. The third-order valence-corrected chi connectivity index (χ3v) is 4.86. The van der Waals surface area contributed by atoms with Crippen molar-refractivity contribution in [3.05, 3.63) is 24.3 Å². The van der Waals surface area contributed by atoms with Crippen LogP contribution in [0.1, 0.15) is 32.6 Å². The minimum Gasteiger partial charge on any atom is -0.399 e. The first-order valence-corrected chi connectivity index (χ1v) is 7.87. The molecule has 1 atom stereocenters. The van der Waals surface area contributed by atoms with Gasteiger partial charge in [-0.05, 0) is 43.0 Å². The zero-order valence-electron chi connectivity index (χ0n) is 10.6. The monoisotopic (exact) mass is 268 g/mol. The summed E-state index contributed by atoms with van der Waals surface area (Å²) < 4.78 is 27.1. The Morgan fingerprint density at radius 3 is 2.44 bits per heavy atom. The van der Waals surface area contributed by atoms with Gasteiger partial charge >= 0.3 is 0 Å². The molecule has 0 radical (unpaired) electrons. The van der Waals surface area contributed by atoms with Crippen LogP contribution in [0.5, 0.6) is 0 Å². The predicted octanol–water partition coefficient (Wildman–Crippen LogP) is 2.13. The molecule has 3 N–H and O–H groups in total. The number of hydrogen-bond donors (Lipinski definition) is 2. The van der Waals surface area contributed by atoms with Gasteiger partial charge in [-0.3, -0.25) is 0 Å². The summed E-state index contributed by atoms with van der Waals surface area (Å²) in [6.45, 7) is 2.01. The molecular formula is C13H20N2O2S. The molecule has 5 heteroatoms. The molecule has 1 fully saturated rings. The number of anilines is 1. The van der Waals surface area contributed by atoms with Crippen LogP contribution in [0.25, 0.3) is 0 Å². The maximum absolute atomic E-state index is 12.2. The second-order valence-corrected chi connectivity index (χ2v) is 6.69. The smallest absolute Gasteiger partial charge is 0.240 e. The van der Waals surface area contributed by atoms with Gasteiger partial charge in [0.1, 0.15) is 0 Å². The first-order valence-electron chi connectivity index (χ1n) is 6.39. The third kappa shape index (κ3) is 3.46. The van der Waals surface area contributed by atoms with E-state index < -0.39 is 10.0 Å². The van der Waals surface area contributed by atoms with Crippen LogP contribution in [-0.2, 0) is 10.0 Å². The largest absolute Gasteiger partial charge is 0.399 e. The van der Waals surface area contributed by atoms with Crippen molar-refractivity contribution < 1.29 is 8.42 Å². The number of rotatable bonds is 6. The van der Waals surface area contributed by atoms with Gasteiger partial charge in [-0.1, -0.05) is 19.8 Å². The minimum atomic E-state index is -3.41. The van der Waals surface area contributed by atoms with Gasteiger partial charge in [0.2, 0.25) is 10.0 Å². The number of hydrogen-bond acceptors (Lipinski definition) is 3. The highest BCUT2D eigenvalue weighted by Crippen LogP contribution is 2.34. The van der Waals surface area contributed by atoms with E-state index in [-0.39, 0.29) is 10.9 Å². The SMILES string of the molecule is CCC(CC1CC1)NS(=O)(=O)c1ccc(N)cc1. The van der Waals surface area contributed by atoms with Gasteiger partial charge in [0.15, 0.2) is 0 Å². The molecule has 0 aromatic heterocycles. The quantitative estimate of drug-likeness (QED) is 0.776. The second kappa shape index (κ2) is 5.28. The number of nitrogen functional groups attached to an aromatic ring is 1. The van der Waals surface area contributed by atoms with E-state index in [2.05, 4.69) is 4.72 Å². The average molecular weight is 268 g/mol. The summed E-state index contributed by atoms with van der Waals surface area (Å²) in [4.78, 5) is 0.283. The number of sulfonamides is 1. The van der Waals surface area contributed by atoms with Gasteiger partial charge in [-0.2, -0.15) is 0 Å². The maximum Gasteiger partial charge on any atom is 0.240 e. The fourth-order valence-electron chi connectivity index (χ4n) is 1.99. The van der Waals surface area contributed by atoms with E-state index >= 15 is 0 Å². The molecule has 2 rings (SSSR count). The molecule has 1 unspecified atom stereocenters. The van der Waals surface area contributed by atoms with Gasteiger partial charge in [-0.15, -0.1) is 0 Å². The van der Waals surface area contributed by atoms with E-state index in [1.807, 2.05) is 6.92 Å². The number of nitrogens with two attached hydrogens (primary N) is 1. The number of nitrogens with one attached hydrogen (secondary N) is 1. The van der Waals surface area contributed by atoms with E-state index in [0.717, 1.165) is 12.8 Å². The van der Waals surface area contributed by atoms with Crippen LogP contribution in [0.3, 0.4) is 0 Å². The molecule has 0 saturated heterocycles. The first-order chi connectivity index (χ1) is 8.51. The summed E-state index contributed by atoms with van der Waals surface area (Å²) in [5.41, 5.74) is 6.12. The van der Waals surface area contributed by atoms with Crippen molar-refractivity contribution >= 4 is 15.7 Å². The second-order valence-electron chi connectivity index (χ2n) is 4.97. The molecule has 1 aromatic rings. The Balaban J connectivity index is 2.07. The Kier molecular flexibility index (Phi) is 3.92. The van der Waals surface area contributed by atoms with E-state index in [9.17, 15) is 8.42 Å². The Labute approximate surface area is 109 Å². The molecule has 1 aliphatic rings. The van der Waals surface area contributed by atoms with Crippen LogP contribution >= 0.6 is 0 Å². The standard InChI is InChI=1S/C13H20N2O2S/c1-2-12(9-10-3-4-10)15-18(16,17)13-7-5-11(14)6-8-13/h5-8,10,12,15H,2-4,9,14H2,1H3. The van der Waals surface area contributed by atoms with E-state index in [4.69, 9.17) is 5.73 Å². The van der Waals surface area contributed by atoms with Crippen molar-refractivity contribution in [2.45, 2.75) is 43.5 Å². The van der Waals surface area contributed by atoms with Crippen molar-refractivity contribution in [1.82, 2.24) is 4.72 Å². The van der Waals surface area contributed by atoms with Crippen LogP contribution in [-0.4, -0.2) is 14.5 Å². The lowest BCUT2D eigenvalue weighted by Crippen LogP contribution is -2.34. The molecule has 1 aromatic carbocycles. The molecule has 0 amide bonds. The van der Waals surface area contributed by atoms with Crippen LogP contribution in [0, 0.1) is 5.92 Å². The zero-order valence-corrected chi connectivity index (χ0v) is 11.4. The lowest BCUT2D eigenvalue weighted by Gasteiger charge is -2.16. The lowest BCUT2D eigenvalue weighted by atomic mass is 10.1. The summed E-state index contributed by atoms with van der Waals surface area (Å²) >= 11 is 0. The van der Waals surface area contributed by atoms with Crippen molar-refractivity contribution in [2.24, 2.45) is 5.92 Å². The van der Waals surface area contributed by atoms with Crippen LogP contribution in [0.15, 0.2) is 29.2 Å². The molecule has 0 bridgehead atoms. The van der Waals surface area contributed by atoms with Gasteiger partial charge < -0.3 is 5.73 Å². The Morgan fingerprint density at radius 1 is 1.33 bits per heavy atom. The lowest BCUT2D eigenvalue weighted by molar-refractivity contribution is 0.495. The van der Waals surface area contributed by atoms with Gasteiger partial charge in [0.05, 0.1) is 4.90 Å². The fraction of sp³-hybridized carbons (Fsp3) is 0.538. The third-order valence-electron chi connectivity index (χ3n) is 3.32. The van der Waals surface area contributed by atoms with Crippen molar-refractivity contribution in [1.29, 1.82) is 0 Å². The van der Waals surface area contributed by atoms with Crippen molar-refractivity contribution in [3.63, 3.8) is 0 Å². The minimum absolute atomic E-state index is 0.0417. The van der Waals surface area contributed by atoms with Crippen molar-refractivity contribution in [2.75, 3.05) is 5.73 Å². The summed E-state index contributed by atoms with van der Waals surface area (Å²) in [6.07, 6.45) is 4.25. The fourth-order valence-corrected chi connectivity index (χ4v) is 3.32. The first kappa shape index (κ1) is 13.4. The number of benzene rings is 1. The summed E-state index contributed by atoms with van der Waals surface area (Å²) in [5, 5.41) is 0. The Hall–Kier alpha value is -1.07. The summed E-state index contributed by atoms with van der Waals surface area (Å²) in [7, 11) is -3.41. The van der Waals surface area contributed by atoms with Crippen LogP contribution < -0.4 is 10.5 Å². The Morgan fingerprint density at radius 2 is 1.94 bits per heavy atom. The predicted molar refractivity (Wildman–Crippen MR) is 72.6 cm³/mol. The maximum atomic E-state index is 12.2. The van der Waals surface area contributed by atoms with Gasteiger partial charge in [-0.25, -0.2) is 13.1 Å². The van der Waals surface area contributed by atoms with Crippen LogP contribution in [0.4, 0.5) is 5.69 Å². The van der Waals surface area contributed by atoms with Gasteiger partial charge in [0, 0.05) is 11.7 Å². The molecule has 0 aliphatic heterocycles. The average Bonchev–Trinajstić information content (AvgIpc) is 3.12. The van der Waals surface area contributed by atoms with Gasteiger partial charge in [0.25, 0.3) is 0 Å². The molecule has 1 aliphatic carbocycles. The molecule has 4 nitrogen and oxygen atoms in total. The molecule has 100 valence electrons. The highest BCUT2D eigenvalue weighted by atomic mass is 32.2. The zero-order chi connectivity index (χ0) is 13.2. The normalized spacial score (nSPS) is 17.6. The van der Waals surface area contributed by atoms with Crippen LogP contribution in [0.2, 0.25) is 0 Å². The van der Waals surface area contributed by atoms with E-state index in [1.54, 1.807) is 24.3 Å². The summed E-state index contributed by atoms with van der Waals surface area (Å²) in [6, 6.07) is 6.34. The Bertz CT molecular complexity index is 492.